The van der Waals surface area contributed by atoms with Crippen molar-refractivity contribution in [1.82, 2.24) is 5.32 Å². The highest BCUT2D eigenvalue weighted by Crippen LogP contribution is 2.19. The van der Waals surface area contributed by atoms with Gasteiger partial charge in [-0.2, -0.15) is 0 Å². The maximum Gasteiger partial charge on any atom is 0.228 e. The predicted octanol–water partition coefficient (Wildman–Crippen LogP) is 2.10. The van der Waals surface area contributed by atoms with E-state index >= 15 is 0 Å². The van der Waals surface area contributed by atoms with Crippen LogP contribution in [0.25, 0.3) is 0 Å². The molecule has 0 fully saturated rings. The van der Waals surface area contributed by atoms with Crippen LogP contribution in [0, 0.1) is 19.8 Å². The van der Waals surface area contributed by atoms with Crippen LogP contribution in [0.5, 0.6) is 0 Å². The lowest BCUT2D eigenvalue weighted by atomic mass is 10.1. The number of amides is 1. The molecule has 0 aliphatic heterocycles. The molecule has 0 saturated carbocycles. The van der Waals surface area contributed by atoms with Crippen LogP contribution in [0.1, 0.15) is 18.1 Å². The van der Waals surface area contributed by atoms with Gasteiger partial charge in [0.25, 0.3) is 0 Å². The standard InChI is InChI=1S/C13H20N2O/c1-9-6-5-7-10(2)12(9)15-13(16)11(3)8-14-4/h5-7,11,14H,8H2,1-4H3,(H,15,16). The summed E-state index contributed by atoms with van der Waals surface area (Å²) in [6.07, 6.45) is 0. The van der Waals surface area contributed by atoms with Gasteiger partial charge in [-0.15, -0.1) is 0 Å². The Balaban J connectivity index is 2.77. The third-order valence-electron chi connectivity index (χ3n) is 2.69. The van der Waals surface area contributed by atoms with Gasteiger partial charge in [-0.3, -0.25) is 4.79 Å². The van der Waals surface area contributed by atoms with E-state index in [2.05, 4.69) is 10.6 Å². The molecule has 3 heteroatoms. The van der Waals surface area contributed by atoms with Crippen LogP contribution in [0.4, 0.5) is 5.69 Å². The van der Waals surface area contributed by atoms with Crippen molar-refractivity contribution in [3.05, 3.63) is 29.3 Å². The first-order valence-electron chi connectivity index (χ1n) is 5.58. The van der Waals surface area contributed by atoms with Gasteiger partial charge in [0, 0.05) is 18.2 Å². The fourth-order valence-electron chi connectivity index (χ4n) is 1.66. The van der Waals surface area contributed by atoms with Gasteiger partial charge in [0.1, 0.15) is 0 Å². The van der Waals surface area contributed by atoms with Crippen molar-refractivity contribution in [3.8, 4) is 0 Å². The molecule has 2 N–H and O–H groups in total. The second-order valence-electron chi connectivity index (χ2n) is 4.21. The molecule has 1 aromatic rings. The molecule has 0 radical (unpaired) electrons. The summed E-state index contributed by atoms with van der Waals surface area (Å²) in [5.41, 5.74) is 3.14. The lowest BCUT2D eigenvalue weighted by Gasteiger charge is -2.15. The van der Waals surface area contributed by atoms with Crippen LogP contribution in [0.2, 0.25) is 0 Å². The highest BCUT2D eigenvalue weighted by atomic mass is 16.1. The SMILES string of the molecule is CNCC(C)C(=O)Nc1c(C)cccc1C. The molecule has 0 aromatic heterocycles. The summed E-state index contributed by atoms with van der Waals surface area (Å²) in [6, 6.07) is 6.01. The summed E-state index contributed by atoms with van der Waals surface area (Å²) in [5.74, 6) is 0.0377. The van der Waals surface area contributed by atoms with Crippen molar-refractivity contribution in [2.75, 3.05) is 18.9 Å². The number of hydrogen-bond acceptors (Lipinski definition) is 2. The van der Waals surface area contributed by atoms with Crippen LogP contribution in [-0.4, -0.2) is 19.5 Å². The number of benzene rings is 1. The first kappa shape index (κ1) is 12.7. The van der Waals surface area contributed by atoms with Crippen LogP contribution in [-0.2, 0) is 4.79 Å². The Kier molecular flexibility index (Phi) is 4.50. The van der Waals surface area contributed by atoms with Gasteiger partial charge in [0.05, 0.1) is 0 Å². The van der Waals surface area contributed by atoms with Crippen molar-refractivity contribution in [2.45, 2.75) is 20.8 Å². The van der Waals surface area contributed by atoms with Gasteiger partial charge in [-0.1, -0.05) is 25.1 Å². The molecule has 0 aliphatic carbocycles. The van der Waals surface area contributed by atoms with Crippen LogP contribution >= 0.6 is 0 Å². The lowest BCUT2D eigenvalue weighted by Crippen LogP contribution is -2.29. The van der Waals surface area contributed by atoms with E-state index in [-0.39, 0.29) is 11.8 Å². The number of carbonyl (C=O) groups excluding carboxylic acids is 1. The number of hydrogen-bond donors (Lipinski definition) is 2. The van der Waals surface area contributed by atoms with E-state index in [1.165, 1.54) is 0 Å². The topological polar surface area (TPSA) is 41.1 Å². The molecule has 16 heavy (non-hydrogen) atoms. The molecule has 0 spiro atoms. The number of aryl methyl sites for hydroxylation is 2. The summed E-state index contributed by atoms with van der Waals surface area (Å²) in [6.45, 7) is 6.62. The quantitative estimate of drug-likeness (QED) is 0.816. The molecule has 88 valence electrons. The first-order chi connectivity index (χ1) is 7.56. The molecule has 0 saturated heterocycles. The molecule has 1 aromatic carbocycles. The van der Waals surface area contributed by atoms with Crippen molar-refractivity contribution in [1.29, 1.82) is 0 Å². The normalized spacial score (nSPS) is 12.2. The first-order valence-corrected chi connectivity index (χ1v) is 5.58. The molecular weight excluding hydrogens is 200 g/mol. The zero-order valence-corrected chi connectivity index (χ0v) is 10.4. The minimum absolute atomic E-state index is 0.0241. The average molecular weight is 220 g/mol. The van der Waals surface area contributed by atoms with E-state index in [1.807, 2.05) is 46.0 Å². The van der Waals surface area contributed by atoms with Crippen molar-refractivity contribution in [2.24, 2.45) is 5.92 Å². The monoisotopic (exact) mass is 220 g/mol. The molecule has 1 rings (SSSR count). The van der Waals surface area contributed by atoms with Gasteiger partial charge in [0.15, 0.2) is 0 Å². The van der Waals surface area contributed by atoms with Gasteiger partial charge >= 0.3 is 0 Å². The number of rotatable bonds is 4. The Morgan fingerprint density at radius 1 is 1.31 bits per heavy atom. The molecule has 1 atom stereocenters. The molecule has 1 amide bonds. The van der Waals surface area contributed by atoms with Crippen LogP contribution < -0.4 is 10.6 Å². The smallest absolute Gasteiger partial charge is 0.228 e. The molecule has 1 unspecified atom stereocenters. The van der Waals surface area contributed by atoms with Crippen molar-refractivity contribution >= 4 is 11.6 Å². The lowest BCUT2D eigenvalue weighted by molar-refractivity contribution is -0.119. The Labute approximate surface area is 97.2 Å². The van der Waals surface area contributed by atoms with Gasteiger partial charge in [-0.25, -0.2) is 0 Å². The molecule has 0 heterocycles. The predicted molar refractivity (Wildman–Crippen MR) is 67.6 cm³/mol. The maximum absolute atomic E-state index is 11.9. The fraction of sp³-hybridized carbons (Fsp3) is 0.462. The van der Waals surface area contributed by atoms with Gasteiger partial charge in [0.2, 0.25) is 5.91 Å². The van der Waals surface area contributed by atoms with E-state index in [0.29, 0.717) is 6.54 Å². The summed E-state index contributed by atoms with van der Waals surface area (Å²) in [4.78, 5) is 11.9. The summed E-state index contributed by atoms with van der Waals surface area (Å²) in [5, 5.41) is 5.99. The third kappa shape index (κ3) is 3.07. The average Bonchev–Trinajstić information content (AvgIpc) is 2.23. The number of anilines is 1. The Bertz CT molecular complexity index is 354. The van der Waals surface area contributed by atoms with Crippen LogP contribution in [0.3, 0.4) is 0 Å². The summed E-state index contributed by atoms with van der Waals surface area (Å²) >= 11 is 0. The molecular formula is C13H20N2O. The third-order valence-corrected chi connectivity index (χ3v) is 2.69. The van der Waals surface area contributed by atoms with Crippen molar-refractivity contribution in [3.63, 3.8) is 0 Å². The number of carbonyl (C=O) groups is 1. The highest BCUT2D eigenvalue weighted by Gasteiger charge is 2.13. The second kappa shape index (κ2) is 5.66. The zero-order chi connectivity index (χ0) is 12.1. The molecule has 0 aliphatic rings. The number of nitrogens with one attached hydrogen (secondary N) is 2. The van der Waals surface area contributed by atoms with E-state index in [0.717, 1.165) is 16.8 Å². The van der Waals surface area contributed by atoms with E-state index < -0.39 is 0 Å². The van der Waals surface area contributed by atoms with E-state index in [4.69, 9.17) is 0 Å². The molecule has 3 nitrogen and oxygen atoms in total. The Morgan fingerprint density at radius 3 is 2.38 bits per heavy atom. The largest absolute Gasteiger partial charge is 0.325 e. The highest BCUT2D eigenvalue weighted by molar-refractivity contribution is 5.93. The minimum atomic E-state index is -0.0241. The summed E-state index contributed by atoms with van der Waals surface area (Å²) in [7, 11) is 1.85. The zero-order valence-electron chi connectivity index (χ0n) is 10.4. The second-order valence-corrected chi connectivity index (χ2v) is 4.21. The van der Waals surface area contributed by atoms with Gasteiger partial charge < -0.3 is 10.6 Å². The molecule has 0 bridgehead atoms. The van der Waals surface area contributed by atoms with E-state index in [9.17, 15) is 4.79 Å². The van der Waals surface area contributed by atoms with E-state index in [1.54, 1.807) is 0 Å². The fourth-order valence-corrected chi connectivity index (χ4v) is 1.66. The van der Waals surface area contributed by atoms with Gasteiger partial charge in [-0.05, 0) is 32.0 Å². The number of para-hydroxylation sites is 1. The Morgan fingerprint density at radius 2 is 1.88 bits per heavy atom. The Hall–Kier alpha value is -1.35. The van der Waals surface area contributed by atoms with Crippen molar-refractivity contribution < 1.29 is 4.79 Å². The maximum atomic E-state index is 11.9. The summed E-state index contributed by atoms with van der Waals surface area (Å²) < 4.78 is 0. The van der Waals surface area contributed by atoms with Crippen LogP contribution in [0.15, 0.2) is 18.2 Å². The minimum Gasteiger partial charge on any atom is -0.325 e.